The molecule has 3 aromatic rings. The molecular formula is C25H33N5O4. The topological polar surface area (TPSA) is 92.8 Å². The van der Waals surface area contributed by atoms with Gasteiger partial charge in [0.05, 0.1) is 50.0 Å². The number of carbonyl (C=O) groups is 1. The van der Waals surface area contributed by atoms with Crippen molar-refractivity contribution in [3.8, 4) is 5.75 Å². The van der Waals surface area contributed by atoms with Gasteiger partial charge in [-0.2, -0.15) is 5.10 Å². The van der Waals surface area contributed by atoms with Gasteiger partial charge in [0.25, 0.3) is 0 Å². The van der Waals surface area contributed by atoms with E-state index in [1.54, 1.807) is 18.2 Å². The summed E-state index contributed by atoms with van der Waals surface area (Å²) in [6, 6.07) is 3.95. The zero-order valence-corrected chi connectivity index (χ0v) is 20.8. The third kappa shape index (κ3) is 4.94. The van der Waals surface area contributed by atoms with Gasteiger partial charge in [-0.25, -0.2) is 4.79 Å². The van der Waals surface area contributed by atoms with Crippen LogP contribution in [0.1, 0.15) is 37.6 Å². The molecular weight excluding hydrogens is 434 g/mol. The second-order valence-electron chi connectivity index (χ2n) is 9.51. The van der Waals surface area contributed by atoms with Crippen LogP contribution in [0.15, 0.2) is 24.5 Å². The van der Waals surface area contributed by atoms with Crippen molar-refractivity contribution in [3.63, 3.8) is 0 Å². The van der Waals surface area contributed by atoms with Crippen molar-refractivity contribution in [2.75, 3.05) is 43.2 Å². The van der Waals surface area contributed by atoms with Gasteiger partial charge in [0.1, 0.15) is 11.4 Å². The van der Waals surface area contributed by atoms with Crippen LogP contribution in [0.3, 0.4) is 0 Å². The second-order valence-corrected chi connectivity index (χ2v) is 9.51. The van der Waals surface area contributed by atoms with Gasteiger partial charge in [0.15, 0.2) is 0 Å². The van der Waals surface area contributed by atoms with E-state index in [1.165, 1.54) is 0 Å². The Hall–Kier alpha value is -3.33. The number of H-pyrrole nitrogens is 1. The van der Waals surface area contributed by atoms with E-state index in [4.69, 9.17) is 14.2 Å². The Kier molecular flexibility index (Phi) is 6.65. The minimum atomic E-state index is -0.645. The molecule has 0 radical (unpaired) electrons. The number of nitrogens with one attached hydrogen (secondary N) is 1. The first-order valence-corrected chi connectivity index (χ1v) is 11.5. The van der Waals surface area contributed by atoms with Crippen LogP contribution in [0.2, 0.25) is 0 Å². The first-order valence-electron chi connectivity index (χ1n) is 11.5. The quantitative estimate of drug-likeness (QED) is 0.596. The number of morpholine rings is 1. The number of pyridine rings is 1. The molecule has 3 heterocycles. The van der Waals surface area contributed by atoms with Crippen LogP contribution >= 0.6 is 0 Å². The summed E-state index contributed by atoms with van der Waals surface area (Å²) in [4.78, 5) is 21.9. The van der Waals surface area contributed by atoms with Crippen LogP contribution in [-0.4, -0.2) is 60.3 Å². The summed E-state index contributed by atoms with van der Waals surface area (Å²) in [7, 11) is 1.64. The van der Waals surface area contributed by atoms with Crippen molar-refractivity contribution in [2.24, 2.45) is 0 Å². The molecule has 0 bridgehead atoms. The Morgan fingerprint density at radius 1 is 1.21 bits per heavy atom. The summed E-state index contributed by atoms with van der Waals surface area (Å²) in [5.74, 6) is 0.771. The molecule has 1 aliphatic rings. The number of ether oxygens (including phenoxy) is 3. The van der Waals surface area contributed by atoms with Crippen molar-refractivity contribution >= 4 is 28.4 Å². The van der Waals surface area contributed by atoms with E-state index in [9.17, 15) is 4.79 Å². The number of amides is 1. The van der Waals surface area contributed by atoms with Crippen molar-refractivity contribution < 1.29 is 19.0 Å². The predicted molar refractivity (Wildman–Crippen MR) is 132 cm³/mol. The zero-order chi connectivity index (χ0) is 24.5. The monoisotopic (exact) mass is 467 g/mol. The van der Waals surface area contributed by atoms with Gasteiger partial charge in [-0.05, 0) is 46.8 Å². The molecule has 1 amide bonds. The highest BCUT2D eigenvalue weighted by atomic mass is 16.6. The van der Waals surface area contributed by atoms with Gasteiger partial charge in [-0.3, -0.25) is 15.0 Å². The number of aromatic amines is 1. The van der Waals surface area contributed by atoms with E-state index in [1.807, 2.05) is 52.9 Å². The number of aryl methyl sites for hydroxylation is 1. The third-order valence-corrected chi connectivity index (χ3v) is 5.86. The first-order chi connectivity index (χ1) is 16.2. The van der Waals surface area contributed by atoms with Crippen molar-refractivity contribution in [1.82, 2.24) is 15.2 Å². The van der Waals surface area contributed by atoms with Crippen molar-refractivity contribution in [3.05, 3.63) is 41.3 Å². The summed E-state index contributed by atoms with van der Waals surface area (Å²) in [6.45, 7) is 12.6. The molecule has 9 nitrogen and oxygen atoms in total. The molecule has 1 fully saturated rings. The van der Waals surface area contributed by atoms with Gasteiger partial charge in [0, 0.05) is 41.5 Å². The summed E-state index contributed by atoms with van der Waals surface area (Å²) < 4.78 is 16.9. The number of anilines is 2. The molecule has 9 heteroatoms. The van der Waals surface area contributed by atoms with E-state index < -0.39 is 11.7 Å². The lowest BCUT2D eigenvalue weighted by atomic mass is 10.1. The summed E-state index contributed by atoms with van der Waals surface area (Å²) in [6.07, 6.45) is 3.14. The lowest BCUT2D eigenvalue weighted by Gasteiger charge is -2.32. The van der Waals surface area contributed by atoms with E-state index in [0.717, 1.165) is 52.3 Å². The molecule has 0 atom stereocenters. The first kappa shape index (κ1) is 23.8. The van der Waals surface area contributed by atoms with Crippen LogP contribution in [-0.2, 0) is 16.0 Å². The third-order valence-electron chi connectivity index (χ3n) is 5.86. The number of methoxy groups -OCH3 is 1. The molecule has 1 aromatic carbocycles. The normalized spacial score (nSPS) is 14.4. The Balaban J connectivity index is 1.80. The summed E-state index contributed by atoms with van der Waals surface area (Å²) in [5, 5.41) is 8.31. The Bertz CT molecular complexity index is 1180. The average molecular weight is 468 g/mol. The van der Waals surface area contributed by atoms with Gasteiger partial charge in [0.2, 0.25) is 0 Å². The van der Waals surface area contributed by atoms with Crippen LogP contribution in [0, 0.1) is 13.8 Å². The highest BCUT2D eigenvalue weighted by Gasteiger charge is 2.27. The fourth-order valence-corrected chi connectivity index (χ4v) is 4.20. The SMILES string of the molecule is COc1c(C)cnc(CN(C(=O)OC(C)(C)C)c2cc(N3CCOCC3)c3cn[nH]c3c2)c1C. The van der Waals surface area contributed by atoms with Crippen LogP contribution in [0.25, 0.3) is 10.9 Å². The molecule has 0 unspecified atom stereocenters. The lowest BCUT2D eigenvalue weighted by Crippen LogP contribution is -2.38. The van der Waals surface area contributed by atoms with Crippen LogP contribution in [0.4, 0.5) is 16.2 Å². The number of hydrogen-bond donors (Lipinski definition) is 1. The number of benzene rings is 1. The molecule has 4 rings (SSSR count). The number of nitrogens with zero attached hydrogens (tertiary/aromatic N) is 4. The molecule has 0 aliphatic carbocycles. The smallest absolute Gasteiger partial charge is 0.415 e. The van der Waals surface area contributed by atoms with Crippen molar-refractivity contribution in [1.29, 1.82) is 0 Å². The maximum Gasteiger partial charge on any atom is 0.415 e. The standard InChI is InChI=1S/C25H33N5O4/c1-16-13-26-21(17(2)23(16)32-6)15-30(24(31)34-25(3,4)5)18-11-20-19(14-27-28-20)22(12-18)29-7-9-33-10-8-29/h11-14H,7-10,15H2,1-6H3,(H,27,28). The minimum absolute atomic E-state index is 0.236. The average Bonchev–Trinajstić information content (AvgIpc) is 3.26. The molecule has 34 heavy (non-hydrogen) atoms. The van der Waals surface area contributed by atoms with E-state index in [2.05, 4.69) is 20.1 Å². The van der Waals surface area contributed by atoms with E-state index >= 15 is 0 Å². The van der Waals surface area contributed by atoms with Crippen LogP contribution in [0.5, 0.6) is 5.75 Å². The Morgan fingerprint density at radius 3 is 2.62 bits per heavy atom. The number of aromatic nitrogens is 3. The van der Waals surface area contributed by atoms with Gasteiger partial charge >= 0.3 is 6.09 Å². The molecule has 0 spiro atoms. The number of rotatable bonds is 5. The zero-order valence-electron chi connectivity index (χ0n) is 20.8. The fourth-order valence-electron chi connectivity index (χ4n) is 4.20. The molecule has 182 valence electrons. The second kappa shape index (κ2) is 9.50. The highest BCUT2D eigenvalue weighted by molar-refractivity contribution is 5.98. The molecule has 2 aromatic heterocycles. The lowest BCUT2D eigenvalue weighted by molar-refractivity contribution is 0.0577. The maximum atomic E-state index is 13.4. The van der Waals surface area contributed by atoms with Crippen molar-refractivity contribution in [2.45, 2.75) is 46.8 Å². The Morgan fingerprint density at radius 2 is 1.94 bits per heavy atom. The molecule has 1 saturated heterocycles. The summed E-state index contributed by atoms with van der Waals surface area (Å²) >= 11 is 0. The predicted octanol–water partition coefficient (Wildman–Crippen LogP) is 4.36. The Labute approximate surface area is 200 Å². The number of fused-ring (bicyclic) bond motifs is 1. The van der Waals surface area contributed by atoms with E-state index in [0.29, 0.717) is 18.9 Å². The van der Waals surface area contributed by atoms with Crippen LogP contribution < -0.4 is 14.5 Å². The van der Waals surface area contributed by atoms with Gasteiger partial charge < -0.3 is 19.1 Å². The number of hydrogen-bond acceptors (Lipinski definition) is 7. The molecule has 1 N–H and O–H groups in total. The molecule has 0 saturated carbocycles. The van der Waals surface area contributed by atoms with E-state index in [-0.39, 0.29) is 6.54 Å². The number of carbonyl (C=O) groups excluding carboxylic acids is 1. The van der Waals surface area contributed by atoms with Gasteiger partial charge in [-0.15, -0.1) is 0 Å². The fraction of sp³-hybridized carbons (Fsp3) is 0.480. The largest absolute Gasteiger partial charge is 0.496 e. The molecule has 1 aliphatic heterocycles. The minimum Gasteiger partial charge on any atom is -0.496 e. The van der Waals surface area contributed by atoms with Gasteiger partial charge in [-0.1, -0.05) is 0 Å². The summed E-state index contributed by atoms with van der Waals surface area (Å²) in [5.41, 5.74) is 4.49. The highest BCUT2D eigenvalue weighted by Crippen LogP contribution is 2.34. The maximum absolute atomic E-state index is 13.4.